The molecule has 8 nitrogen and oxygen atoms in total. The number of rotatable bonds is 6. The minimum Gasteiger partial charge on any atom is -0.370 e. The Hall–Kier alpha value is -3.23. The van der Waals surface area contributed by atoms with Crippen molar-refractivity contribution in [1.29, 1.82) is 0 Å². The third kappa shape index (κ3) is 4.91. The molecule has 1 atom stereocenters. The van der Waals surface area contributed by atoms with E-state index in [2.05, 4.69) is 74.5 Å². The second-order valence-electron chi connectivity index (χ2n) is 8.84. The van der Waals surface area contributed by atoms with E-state index in [-0.39, 0.29) is 6.04 Å². The van der Waals surface area contributed by atoms with Gasteiger partial charge in [-0.1, -0.05) is 30.3 Å². The third-order valence-electron chi connectivity index (χ3n) is 6.53. The Morgan fingerprint density at radius 2 is 1.76 bits per heavy atom. The van der Waals surface area contributed by atoms with Crippen LogP contribution in [0.3, 0.4) is 0 Å². The Bertz CT molecular complexity index is 1040. The average Bonchev–Trinajstić information content (AvgIpc) is 3.36. The SMILES string of the molecule is CN(C)C1CCN(c2ccc(Nc3cc(N4OCCC4c4ccccc4)ncn3)nc2)CC1. The molecule has 2 saturated heterocycles. The summed E-state index contributed by atoms with van der Waals surface area (Å²) in [6.07, 6.45) is 6.78. The van der Waals surface area contributed by atoms with Crippen molar-refractivity contribution in [3.63, 3.8) is 0 Å². The summed E-state index contributed by atoms with van der Waals surface area (Å²) in [5.74, 6) is 2.18. The molecule has 2 aliphatic rings. The van der Waals surface area contributed by atoms with Crippen LogP contribution in [0, 0.1) is 0 Å². The van der Waals surface area contributed by atoms with Gasteiger partial charge in [0.05, 0.1) is 24.5 Å². The number of benzene rings is 1. The van der Waals surface area contributed by atoms with Gasteiger partial charge in [-0.15, -0.1) is 0 Å². The normalized spacial score (nSPS) is 19.3. The van der Waals surface area contributed by atoms with E-state index in [1.165, 1.54) is 18.4 Å². The highest BCUT2D eigenvalue weighted by atomic mass is 16.7. The lowest BCUT2D eigenvalue weighted by Gasteiger charge is -2.36. The Balaban J connectivity index is 1.25. The van der Waals surface area contributed by atoms with Gasteiger partial charge in [-0.05, 0) is 44.6 Å². The molecule has 2 aliphatic heterocycles. The van der Waals surface area contributed by atoms with Crippen molar-refractivity contribution in [2.75, 3.05) is 49.1 Å². The Morgan fingerprint density at radius 1 is 0.939 bits per heavy atom. The lowest BCUT2D eigenvalue weighted by atomic mass is 10.0. The van der Waals surface area contributed by atoms with Crippen LogP contribution in [0.1, 0.15) is 30.9 Å². The summed E-state index contributed by atoms with van der Waals surface area (Å²) in [5.41, 5.74) is 2.38. The molecule has 1 unspecified atom stereocenters. The van der Waals surface area contributed by atoms with Crippen LogP contribution in [-0.2, 0) is 4.84 Å². The number of hydrogen-bond acceptors (Lipinski definition) is 8. The van der Waals surface area contributed by atoms with Gasteiger partial charge >= 0.3 is 0 Å². The topological polar surface area (TPSA) is 69.7 Å². The molecule has 5 rings (SSSR count). The Kier molecular flexibility index (Phi) is 6.37. The summed E-state index contributed by atoms with van der Waals surface area (Å²) in [5, 5.41) is 5.19. The molecule has 0 radical (unpaired) electrons. The summed E-state index contributed by atoms with van der Waals surface area (Å²) < 4.78 is 0. The van der Waals surface area contributed by atoms with E-state index < -0.39 is 0 Å². The number of anilines is 4. The van der Waals surface area contributed by atoms with Gasteiger partial charge in [0.15, 0.2) is 5.82 Å². The van der Waals surface area contributed by atoms with Crippen LogP contribution in [0.2, 0.25) is 0 Å². The number of piperidine rings is 1. The van der Waals surface area contributed by atoms with E-state index in [0.29, 0.717) is 18.5 Å². The summed E-state index contributed by atoms with van der Waals surface area (Å²) in [6, 6.07) is 17.2. The van der Waals surface area contributed by atoms with E-state index in [4.69, 9.17) is 4.84 Å². The molecule has 0 saturated carbocycles. The number of nitrogens with one attached hydrogen (secondary N) is 1. The minimum absolute atomic E-state index is 0.142. The summed E-state index contributed by atoms with van der Waals surface area (Å²) in [4.78, 5) is 24.1. The van der Waals surface area contributed by atoms with Crippen LogP contribution in [0.5, 0.6) is 0 Å². The molecule has 0 spiro atoms. The highest BCUT2D eigenvalue weighted by Crippen LogP contribution is 2.34. The van der Waals surface area contributed by atoms with Gasteiger partial charge in [0.2, 0.25) is 0 Å². The standard InChI is InChI=1S/C25H31N7O/c1-30(2)20-10-13-31(14-11-20)21-8-9-23(26-17-21)29-24-16-25(28-18-27-24)32-22(12-15-33-32)19-6-4-3-5-7-19/h3-9,16-18,20,22H,10-15H2,1-2H3,(H,26,27,28,29). The molecule has 0 aliphatic carbocycles. The Morgan fingerprint density at radius 3 is 2.48 bits per heavy atom. The number of hydrogen-bond donors (Lipinski definition) is 1. The Labute approximate surface area is 195 Å². The largest absolute Gasteiger partial charge is 0.370 e. The van der Waals surface area contributed by atoms with Gasteiger partial charge < -0.3 is 15.1 Å². The molecule has 2 fully saturated rings. The molecular weight excluding hydrogens is 414 g/mol. The van der Waals surface area contributed by atoms with Crippen molar-refractivity contribution >= 4 is 23.1 Å². The van der Waals surface area contributed by atoms with Gasteiger partial charge in [-0.3, -0.25) is 4.84 Å². The molecule has 1 aromatic carbocycles. The van der Waals surface area contributed by atoms with E-state index >= 15 is 0 Å². The molecule has 3 aromatic rings. The molecule has 8 heteroatoms. The number of aromatic nitrogens is 3. The van der Waals surface area contributed by atoms with Crippen LogP contribution in [0.4, 0.5) is 23.1 Å². The lowest BCUT2D eigenvalue weighted by Crippen LogP contribution is -2.42. The average molecular weight is 446 g/mol. The molecule has 172 valence electrons. The summed E-state index contributed by atoms with van der Waals surface area (Å²) >= 11 is 0. The predicted octanol–water partition coefficient (Wildman–Crippen LogP) is 4.03. The fraction of sp³-hybridized carbons (Fsp3) is 0.400. The highest BCUT2D eigenvalue weighted by molar-refractivity contribution is 5.58. The van der Waals surface area contributed by atoms with Crippen LogP contribution in [-0.4, -0.2) is 59.7 Å². The lowest BCUT2D eigenvalue weighted by molar-refractivity contribution is 0.157. The van der Waals surface area contributed by atoms with Crippen LogP contribution < -0.4 is 15.3 Å². The maximum absolute atomic E-state index is 5.91. The van der Waals surface area contributed by atoms with Crippen molar-refractivity contribution in [2.24, 2.45) is 0 Å². The van der Waals surface area contributed by atoms with Gasteiger partial charge in [0.25, 0.3) is 0 Å². The van der Waals surface area contributed by atoms with E-state index in [1.54, 1.807) is 6.33 Å². The van der Waals surface area contributed by atoms with Crippen molar-refractivity contribution < 1.29 is 4.84 Å². The third-order valence-corrected chi connectivity index (χ3v) is 6.53. The van der Waals surface area contributed by atoms with Crippen LogP contribution in [0.25, 0.3) is 0 Å². The first-order valence-electron chi connectivity index (χ1n) is 11.6. The van der Waals surface area contributed by atoms with Crippen molar-refractivity contribution in [1.82, 2.24) is 19.9 Å². The maximum atomic E-state index is 5.91. The molecule has 4 heterocycles. The smallest absolute Gasteiger partial charge is 0.158 e. The molecule has 0 amide bonds. The molecule has 0 bridgehead atoms. The fourth-order valence-corrected chi connectivity index (χ4v) is 4.63. The first kappa shape index (κ1) is 21.6. The zero-order valence-electron chi connectivity index (χ0n) is 19.3. The van der Waals surface area contributed by atoms with E-state index in [0.717, 1.165) is 36.8 Å². The van der Waals surface area contributed by atoms with Gasteiger partial charge in [0.1, 0.15) is 18.0 Å². The van der Waals surface area contributed by atoms with Crippen LogP contribution in [0.15, 0.2) is 61.1 Å². The van der Waals surface area contributed by atoms with Crippen LogP contribution >= 0.6 is 0 Å². The van der Waals surface area contributed by atoms with E-state index in [9.17, 15) is 0 Å². The molecule has 2 aromatic heterocycles. The maximum Gasteiger partial charge on any atom is 0.158 e. The summed E-state index contributed by atoms with van der Waals surface area (Å²) in [7, 11) is 4.33. The zero-order chi connectivity index (χ0) is 22.6. The number of nitrogens with zero attached hydrogens (tertiary/aromatic N) is 6. The first-order valence-corrected chi connectivity index (χ1v) is 11.6. The monoisotopic (exact) mass is 445 g/mol. The van der Waals surface area contributed by atoms with Crippen molar-refractivity contribution in [3.05, 3.63) is 66.6 Å². The fourth-order valence-electron chi connectivity index (χ4n) is 4.63. The second-order valence-corrected chi connectivity index (χ2v) is 8.84. The van der Waals surface area contributed by atoms with Gasteiger partial charge in [0, 0.05) is 31.6 Å². The minimum atomic E-state index is 0.142. The number of pyridine rings is 1. The van der Waals surface area contributed by atoms with Crippen molar-refractivity contribution in [3.8, 4) is 0 Å². The first-order chi connectivity index (χ1) is 16.2. The number of hydroxylamine groups is 1. The highest BCUT2D eigenvalue weighted by Gasteiger charge is 2.29. The molecule has 1 N–H and O–H groups in total. The van der Waals surface area contributed by atoms with Crippen molar-refractivity contribution in [2.45, 2.75) is 31.3 Å². The molecular formula is C25H31N7O. The zero-order valence-corrected chi connectivity index (χ0v) is 19.3. The van der Waals surface area contributed by atoms with Gasteiger partial charge in [-0.2, -0.15) is 0 Å². The molecule has 33 heavy (non-hydrogen) atoms. The second kappa shape index (κ2) is 9.72. The summed E-state index contributed by atoms with van der Waals surface area (Å²) in [6.45, 7) is 2.79. The predicted molar refractivity (Wildman–Crippen MR) is 131 cm³/mol. The van der Waals surface area contributed by atoms with E-state index in [1.807, 2.05) is 29.5 Å². The quantitative estimate of drug-likeness (QED) is 0.610. The van der Waals surface area contributed by atoms with Gasteiger partial charge in [-0.25, -0.2) is 20.0 Å².